The number of aromatic nitrogens is 3. The second-order valence-corrected chi connectivity index (χ2v) is 9.72. The highest BCUT2D eigenvalue weighted by Gasteiger charge is 2.34. The lowest BCUT2D eigenvalue weighted by molar-refractivity contribution is 0.253. The molecule has 1 fully saturated rings. The highest BCUT2D eigenvalue weighted by Crippen LogP contribution is 2.45. The fraction of sp³-hybridized carbons (Fsp3) is 0.133. The summed E-state index contributed by atoms with van der Waals surface area (Å²) in [4.78, 5) is 9.93. The maximum Gasteiger partial charge on any atom is 0.154 e. The van der Waals surface area contributed by atoms with E-state index in [9.17, 15) is 0 Å². The van der Waals surface area contributed by atoms with E-state index < -0.39 is 0 Å². The number of rotatable bonds is 3. The molecule has 1 aliphatic carbocycles. The fourth-order valence-electron chi connectivity index (χ4n) is 5.38. The van der Waals surface area contributed by atoms with Gasteiger partial charge in [0.1, 0.15) is 5.82 Å². The Balaban J connectivity index is 1.54. The Morgan fingerprint density at radius 3 is 2.47 bits per heavy atom. The molecule has 0 unspecified atom stereocenters. The van der Waals surface area contributed by atoms with Crippen LogP contribution in [0.5, 0.6) is 0 Å². The molecule has 7 rings (SSSR count). The van der Waals surface area contributed by atoms with E-state index in [1.807, 2.05) is 42.6 Å². The van der Waals surface area contributed by atoms with Gasteiger partial charge in [-0.3, -0.25) is 4.57 Å². The van der Waals surface area contributed by atoms with Crippen molar-refractivity contribution in [2.75, 3.05) is 11.1 Å². The first-order chi connectivity index (χ1) is 17.6. The third-order valence-corrected chi connectivity index (χ3v) is 7.46. The smallest absolute Gasteiger partial charge is 0.154 e. The number of fused-ring (bicyclic) bond motifs is 5. The quantitative estimate of drug-likeness (QED) is 0.266. The van der Waals surface area contributed by atoms with Crippen molar-refractivity contribution in [3.8, 4) is 39.6 Å². The van der Waals surface area contributed by atoms with Crippen molar-refractivity contribution >= 4 is 17.2 Å². The van der Waals surface area contributed by atoms with Gasteiger partial charge in [0.15, 0.2) is 5.82 Å². The monoisotopic (exact) mass is 470 g/mol. The molecule has 1 saturated carbocycles. The van der Waals surface area contributed by atoms with Crippen molar-refractivity contribution in [1.82, 2.24) is 14.5 Å². The molecule has 0 amide bonds. The van der Waals surface area contributed by atoms with Crippen molar-refractivity contribution in [2.24, 2.45) is 5.73 Å². The number of nitrogens with one attached hydrogen (secondary N) is 1. The molecule has 3 aromatic carbocycles. The van der Waals surface area contributed by atoms with E-state index in [0.717, 1.165) is 63.9 Å². The van der Waals surface area contributed by atoms with E-state index in [0.29, 0.717) is 5.69 Å². The van der Waals surface area contributed by atoms with Crippen LogP contribution in [0.15, 0.2) is 91.1 Å². The average molecular weight is 471 g/mol. The Morgan fingerprint density at radius 1 is 0.861 bits per heavy atom. The Kier molecular flexibility index (Phi) is 4.53. The van der Waals surface area contributed by atoms with Crippen LogP contribution in [0.3, 0.4) is 0 Å². The normalized spacial score (nSPS) is 15.0. The van der Waals surface area contributed by atoms with Gasteiger partial charge < -0.3 is 16.8 Å². The van der Waals surface area contributed by atoms with Crippen LogP contribution in [-0.2, 0) is 5.54 Å². The van der Waals surface area contributed by atoms with E-state index in [4.69, 9.17) is 16.5 Å². The summed E-state index contributed by atoms with van der Waals surface area (Å²) in [6.07, 6.45) is 5.06. The van der Waals surface area contributed by atoms with E-state index in [-0.39, 0.29) is 5.54 Å². The van der Waals surface area contributed by atoms with Crippen LogP contribution in [0.25, 0.3) is 39.6 Å². The molecule has 6 heteroatoms. The summed E-state index contributed by atoms with van der Waals surface area (Å²) in [7, 11) is 0. The van der Waals surface area contributed by atoms with Crippen molar-refractivity contribution in [3.63, 3.8) is 0 Å². The van der Waals surface area contributed by atoms with Gasteiger partial charge in [0.25, 0.3) is 0 Å². The molecule has 3 heterocycles. The van der Waals surface area contributed by atoms with Gasteiger partial charge in [-0.25, -0.2) is 9.97 Å². The van der Waals surface area contributed by atoms with Gasteiger partial charge in [0, 0.05) is 34.1 Å². The number of anilines is 3. The molecule has 2 aliphatic rings. The van der Waals surface area contributed by atoms with Crippen molar-refractivity contribution in [2.45, 2.75) is 24.8 Å². The predicted octanol–water partition coefficient (Wildman–Crippen LogP) is 6.25. The van der Waals surface area contributed by atoms with Gasteiger partial charge in [-0.2, -0.15) is 0 Å². The fourth-order valence-corrected chi connectivity index (χ4v) is 5.38. The minimum absolute atomic E-state index is 0.205. The molecule has 5 aromatic rings. The number of hydrogen-bond acceptors (Lipinski definition) is 5. The first-order valence-electron chi connectivity index (χ1n) is 12.3. The summed E-state index contributed by atoms with van der Waals surface area (Å²) in [5.41, 5.74) is 21.4. The minimum Gasteiger partial charge on any atom is -0.399 e. The van der Waals surface area contributed by atoms with E-state index in [1.165, 1.54) is 12.0 Å². The molecular weight excluding hydrogens is 444 g/mol. The molecule has 0 radical (unpaired) electrons. The van der Waals surface area contributed by atoms with E-state index in [2.05, 4.69) is 63.4 Å². The van der Waals surface area contributed by atoms with Crippen molar-refractivity contribution < 1.29 is 0 Å². The van der Waals surface area contributed by atoms with Gasteiger partial charge in [-0.05, 0) is 61.2 Å². The number of benzene rings is 3. The third kappa shape index (κ3) is 3.15. The standard InChI is InChI=1S/C30H26N6/c31-22-7-3-6-20(18-22)26-27(19-11-13-21(14-12-19)30(32)15-5-16-30)36-25-10-4-17-33-28(25)34-24-9-2-1-8-23(24)29(36)35-26/h1-4,6-14,17-18H,5,15-16,31-32H2,(H,33,34). The summed E-state index contributed by atoms with van der Waals surface area (Å²) in [5, 5.41) is 3.52. The molecule has 0 atom stereocenters. The lowest BCUT2D eigenvalue weighted by Gasteiger charge is -2.38. The predicted molar refractivity (Wildman–Crippen MR) is 145 cm³/mol. The molecule has 6 nitrogen and oxygen atoms in total. The van der Waals surface area contributed by atoms with Crippen LogP contribution in [0, 0.1) is 0 Å². The van der Waals surface area contributed by atoms with Crippen LogP contribution in [-0.4, -0.2) is 14.5 Å². The lowest BCUT2D eigenvalue weighted by Crippen LogP contribution is -2.43. The summed E-state index contributed by atoms with van der Waals surface area (Å²) >= 11 is 0. The zero-order valence-corrected chi connectivity index (χ0v) is 19.8. The maximum atomic E-state index is 6.63. The molecule has 2 aromatic heterocycles. The number of nitrogen functional groups attached to an aromatic ring is 1. The van der Waals surface area contributed by atoms with Gasteiger partial charge in [0.05, 0.1) is 22.8 Å². The van der Waals surface area contributed by atoms with Crippen LogP contribution in [0.2, 0.25) is 0 Å². The summed E-state index contributed by atoms with van der Waals surface area (Å²) in [6, 6.07) is 28.9. The molecule has 5 N–H and O–H groups in total. The highest BCUT2D eigenvalue weighted by atomic mass is 15.2. The Hall–Kier alpha value is -4.42. The summed E-state index contributed by atoms with van der Waals surface area (Å²) in [5.74, 6) is 1.64. The molecule has 1 aliphatic heterocycles. The second-order valence-electron chi connectivity index (χ2n) is 9.72. The summed E-state index contributed by atoms with van der Waals surface area (Å²) < 4.78 is 2.22. The van der Waals surface area contributed by atoms with Crippen LogP contribution >= 0.6 is 0 Å². The minimum atomic E-state index is -0.205. The van der Waals surface area contributed by atoms with E-state index in [1.54, 1.807) is 0 Å². The van der Waals surface area contributed by atoms with Gasteiger partial charge in [0.2, 0.25) is 0 Å². The Labute approximate surface area is 209 Å². The lowest BCUT2D eigenvalue weighted by atomic mass is 9.72. The van der Waals surface area contributed by atoms with E-state index >= 15 is 0 Å². The SMILES string of the molecule is Nc1cccc(-c2nc3n(c2-c2ccc(C4(N)CCC4)cc2)-c2cccnc2Nc2ccccc2-3)c1. The number of para-hydroxylation sites is 1. The number of nitrogens with zero attached hydrogens (tertiary/aromatic N) is 3. The molecule has 36 heavy (non-hydrogen) atoms. The van der Waals surface area contributed by atoms with Crippen LogP contribution in [0.4, 0.5) is 17.2 Å². The topological polar surface area (TPSA) is 94.8 Å². The van der Waals surface area contributed by atoms with Gasteiger partial charge in [-0.1, -0.05) is 48.5 Å². The molecule has 0 spiro atoms. The maximum absolute atomic E-state index is 6.63. The van der Waals surface area contributed by atoms with Crippen molar-refractivity contribution in [1.29, 1.82) is 0 Å². The first kappa shape index (κ1) is 20.9. The second kappa shape index (κ2) is 7.80. The van der Waals surface area contributed by atoms with Gasteiger partial charge in [-0.15, -0.1) is 0 Å². The van der Waals surface area contributed by atoms with Crippen molar-refractivity contribution in [3.05, 3.63) is 96.7 Å². The molecule has 0 bridgehead atoms. The van der Waals surface area contributed by atoms with Crippen LogP contribution < -0.4 is 16.8 Å². The molecular formula is C30H26N6. The Morgan fingerprint density at radius 2 is 1.69 bits per heavy atom. The van der Waals surface area contributed by atoms with Gasteiger partial charge >= 0.3 is 0 Å². The zero-order valence-electron chi connectivity index (χ0n) is 19.8. The number of nitrogens with two attached hydrogens (primary N) is 2. The third-order valence-electron chi connectivity index (χ3n) is 7.46. The number of hydrogen-bond donors (Lipinski definition) is 3. The largest absolute Gasteiger partial charge is 0.399 e. The number of pyridine rings is 1. The first-order valence-corrected chi connectivity index (χ1v) is 12.3. The molecule has 0 saturated heterocycles. The summed E-state index contributed by atoms with van der Waals surface area (Å²) in [6.45, 7) is 0. The molecule has 176 valence electrons. The van der Waals surface area contributed by atoms with Crippen LogP contribution in [0.1, 0.15) is 24.8 Å². The zero-order chi connectivity index (χ0) is 24.3. The average Bonchev–Trinajstić information content (AvgIpc) is 3.22. The highest BCUT2D eigenvalue weighted by molar-refractivity contribution is 5.91. The Bertz CT molecular complexity index is 1610. The number of imidazole rings is 1.